The van der Waals surface area contributed by atoms with Gasteiger partial charge in [-0.3, -0.25) is 14.4 Å². The molecule has 2 amide bonds. The summed E-state index contributed by atoms with van der Waals surface area (Å²) in [7, 11) is 0. The van der Waals surface area contributed by atoms with Crippen molar-refractivity contribution in [2.75, 3.05) is 6.54 Å². The number of aliphatic hydroxyl groups is 1. The van der Waals surface area contributed by atoms with Gasteiger partial charge in [0, 0.05) is 17.5 Å². The van der Waals surface area contributed by atoms with Gasteiger partial charge in [-0.2, -0.15) is 5.10 Å². The molecule has 0 bridgehead atoms. The first-order valence-electron chi connectivity index (χ1n) is 12.7. The Balaban J connectivity index is 1.47. The molecule has 8 nitrogen and oxygen atoms in total. The van der Waals surface area contributed by atoms with E-state index in [1.54, 1.807) is 48.2 Å². The van der Waals surface area contributed by atoms with Crippen LogP contribution in [0, 0.1) is 25.6 Å². The first kappa shape index (κ1) is 27.2. The number of aromatic amines is 1. The number of aryl methyl sites for hydroxylation is 2. The van der Waals surface area contributed by atoms with Gasteiger partial charge in [0.15, 0.2) is 0 Å². The molecule has 1 aliphatic rings. The third-order valence-corrected chi connectivity index (χ3v) is 7.11. The normalized spacial score (nSPS) is 19.1. The lowest BCUT2D eigenvalue weighted by atomic mass is 9.99. The van der Waals surface area contributed by atoms with Gasteiger partial charge in [0.1, 0.15) is 5.82 Å². The Morgan fingerprint density at radius 2 is 1.92 bits per heavy atom. The van der Waals surface area contributed by atoms with Crippen LogP contribution in [0.5, 0.6) is 0 Å². The molecule has 38 heavy (non-hydrogen) atoms. The van der Waals surface area contributed by atoms with Crippen molar-refractivity contribution in [3.63, 3.8) is 0 Å². The number of H-pyrrole nitrogens is 1. The van der Waals surface area contributed by atoms with Gasteiger partial charge in [-0.1, -0.05) is 32.0 Å². The minimum atomic E-state index is -0.755. The van der Waals surface area contributed by atoms with E-state index in [1.165, 1.54) is 12.1 Å². The second-order valence-corrected chi connectivity index (χ2v) is 10.3. The summed E-state index contributed by atoms with van der Waals surface area (Å²) in [5, 5.41) is 19.8. The summed E-state index contributed by atoms with van der Waals surface area (Å²) >= 11 is 0. The Morgan fingerprint density at radius 3 is 2.61 bits per heavy atom. The summed E-state index contributed by atoms with van der Waals surface area (Å²) in [6, 6.07) is 12.0. The highest BCUT2D eigenvalue weighted by Gasteiger charge is 2.45. The van der Waals surface area contributed by atoms with E-state index >= 15 is 0 Å². The van der Waals surface area contributed by atoms with E-state index in [-0.39, 0.29) is 23.9 Å². The maximum absolute atomic E-state index is 13.9. The number of benzene rings is 2. The molecule has 0 aliphatic carbocycles. The first-order chi connectivity index (χ1) is 18.0. The molecule has 1 aliphatic heterocycles. The molecule has 1 saturated heterocycles. The largest absolute Gasteiger partial charge is 0.391 e. The topological polar surface area (TPSA) is 115 Å². The van der Waals surface area contributed by atoms with Crippen molar-refractivity contribution in [1.82, 2.24) is 20.4 Å². The number of nitrogens with zero attached hydrogens (tertiary/aromatic N) is 2. The second kappa shape index (κ2) is 11.3. The van der Waals surface area contributed by atoms with Gasteiger partial charge in [-0.05, 0) is 73.2 Å². The highest BCUT2D eigenvalue weighted by Crippen LogP contribution is 2.39. The van der Waals surface area contributed by atoms with Crippen LogP contribution in [0.3, 0.4) is 0 Å². The van der Waals surface area contributed by atoms with Crippen molar-refractivity contribution in [2.24, 2.45) is 5.92 Å². The Labute approximate surface area is 220 Å². The maximum atomic E-state index is 13.9. The molecule has 9 heteroatoms. The van der Waals surface area contributed by atoms with Gasteiger partial charge in [0.05, 0.1) is 30.4 Å². The van der Waals surface area contributed by atoms with E-state index in [1.807, 2.05) is 20.8 Å². The number of rotatable bonds is 7. The Morgan fingerprint density at radius 1 is 1.16 bits per heavy atom. The van der Waals surface area contributed by atoms with Crippen LogP contribution in [0.4, 0.5) is 4.39 Å². The van der Waals surface area contributed by atoms with Crippen LogP contribution in [0.1, 0.15) is 64.6 Å². The number of likely N-dealkylation sites (tertiary alicyclic amines) is 1. The zero-order valence-corrected chi connectivity index (χ0v) is 22.0. The molecule has 0 unspecified atom stereocenters. The summed E-state index contributed by atoms with van der Waals surface area (Å²) < 4.78 is 13.9. The van der Waals surface area contributed by atoms with Gasteiger partial charge in [0.25, 0.3) is 11.5 Å². The van der Waals surface area contributed by atoms with Crippen LogP contribution < -0.4 is 10.9 Å². The number of amides is 2. The number of hydrogen-bond acceptors (Lipinski definition) is 5. The minimum absolute atomic E-state index is 0.0326. The van der Waals surface area contributed by atoms with Crippen molar-refractivity contribution in [2.45, 2.75) is 58.7 Å². The summed E-state index contributed by atoms with van der Waals surface area (Å²) in [4.78, 5) is 40.0. The fourth-order valence-electron chi connectivity index (χ4n) is 5.27. The molecule has 0 radical (unpaired) electrons. The average molecular weight is 521 g/mol. The molecule has 3 atom stereocenters. The van der Waals surface area contributed by atoms with Gasteiger partial charge in [-0.15, -0.1) is 0 Å². The molecular weight excluding hydrogens is 487 g/mol. The number of carbonyl (C=O) groups is 2. The number of carbonyl (C=O) groups excluding carboxylic acids is 2. The lowest BCUT2D eigenvalue weighted by Gasteiger charge is -2.33. The van der Waals surface area contributed by atoms with Gasteiger partial charge in [0.2, 0.25) is 5.91 Å². The Hall–Kier alpha value is -3.85. The van der Waals surface area contributed by atoms with E-state index in [2.05, 4.69) is 15.5 Å². The van der Waals surface area contributed by atoms with E-state index < -0.39 is 29.9 Å². The highest BCUT2D eigenvalue weighted by molar-refractivity contribution is 5.96. The molecule has 0 saturated carbocycles. The lowest BCUT2D eigenvalue weighted by Crippen LogP contribution is -2.47. The zero-order chi connectivity index (χ0) is 27.6. The zero-order valence-electron chi connectivity index (χ0n) is 22.0. The third-order valence-electron chi connectivity index (χ3n) is 7.11. The molecule has 1 aromatic heterocycles. The quantitative estimate of drug-likeness (QED) is 0.443. The van der Waals surface area contributed by atoms with Crippen molar-refractivity contribution in [1.29, 1.82) is 0 Å². The standard InChI is InChI=1S/C29H33FN4O4/c1-16(2)27-25(35)14-24(20-6-5-7-23(30)13-20)34(27)26(36)15-31-28(37)21-9-8-19(17(3)10-21)12-22-11-18(4)32-33-29(22)38/h5-11,13,16,24-25,27,35H,12,14-15H2,1-4H3,(H,31,37)(H,33,38)/t24-,25+,27-/m0/s1. The Kier molecular flexibility index (Phi) is 8.06. The van der Waals surface area contributed by atoms with Crippen molar-refractivity contribution in [3.8, 4) is 0 Å². The maximum Gasteiger partial charge on any atom is 0.267 e. The number of aliphatic hydroxyl groups excluding tert-OH is 1. The smallest absolute Gasteiger partial charge is 0.267 e. The van der Waals surface area contributed by atoms with E-state index in [0.717, 1.165) is 11.1 Å². The molecular formula is C29H33FN4O4. The third kappa shape index (κ3) is 5.83. The van der Waals surface area contributed by atoms with E-state index in [0.29, 0.717) is 35.2 Å². The minimum Gasteiger partial charge on any atom is -0.391 e. The number of nitrogens with one attached hydrogen (secondary N) is 2. The van der Waals surface area contributed by atoms with E-state index in [9.17, 15) is 23.9 Å². The van der Waals surface area contributed by atoms with Crippen LogP contribution in [0.2, 0.25) is 0 Å². The molecule has 1 fully saturated rings. The summed E-state index contributed by atoms with van der Waals surface area (Å²) in [5.41, 5.74) is 3.79. The SMILES string of the molecule is Cc1cc(Cc2ccc(C(=O)NCC(=O)N3[C@H](c4cccc(F)c4)C[C@@H](O)[C@@H]3C(C)C)cc2C)c(=O)[nH]n1. The molecule has 200 valence electrons. The highest BCUT2D eigenvalue weighted by atomic mass is 19.1. The molecule has 0 spiro atoms. The van der Waals surface area contributed by atoms with Crippen LogP contribution in [-0.4, -0.2) is 50.7 Å². The summed E-state index contributed by atoms with van der Waals surface area (Å²) in [6.45, 7) is 7.25. The molecule has 3 N–H and O–H groups in total. The molecule has 2 heterocycles. The van der Waals surface area contributed by atoms with Crippen LogP contribution >= 0.6 is 0 Å². The van der Waals surface area contributed by atoms with Crippen LogP contribution in [-0.2, 0) is 11.2 Å². The predicted molar refractivity (Wildman–Crippen MR) is 141 cm³/mol. The van der Waals surface area contributed by atoms with Crippen LogP contribution in [0.15, 0.2) is 53.3 Å². The Bertz CT molecular complexity index is 1400. The lowest BCUT2D eigenvalue weighted by molar-refractivity contribution is -0.135. The summed E-state index contributed by atoms with van der Waals surface area (Å²) in [6.07, 6.45) is -0.0539. The van der Waals surface area contributed by atoms with Gasteiger partial charge < -0.3 is 15.3 Å². The predicted octanol–water partition coefficient (Wildman–Crippen LogP) is 3.21. The van der Waals surface area contributed by atoms with Crippen molar-refractivity contribution in [3.05, 3.63) is 98.2 Å². The van der Waals surface area contributed by atoms with Crippen molar-refractivity contribution < 1.29 is 19.1 Å². The fraction of sp³-hybridized carbons (Fsp3) is 0.379. The average Bonchev–Trinajstić information content (AvgIpc) is 3.23. The monoisotopic (exact) mass is 520 g/mol. The second-order valence-electron chi connectivity index (χ2n) is 10.3. The van der Waals surface area contributed by atoms with Gasteiger partial charge >= 0.3 is 0 Å². The number of halogens is 1. The summed E-state index contributed by atoms with van der Waals surface area (Å²) in [5.74, 6) is -1.19. The molecule has 2 aromatic carbocycles. The number of aromatic nitrogens is 2. The first-order valence-corrected chi connectivity index (χ1v) is 12.7. The van der Waals surface area contributed by atoms with Crippen molar-refractivity contribution >= 4 is 11.8 Å². The van der Waals surface area contributed by atoms with Crippen LogP contribution in [0.25, 0.3) is 0 Å². The molecule has 4 rings (SSSR count). The molecule has 3 aromatic rings. The number of hydrogen-bond donors (Lipinski definition) is 3. The van der Waals surface area contributed by atoms with E-state index in [4.69, 9.17) is 0 Å². The van der Waals surface area contributed by atoms with Gasteiger partial charge in [-0.25, -0.2) is 9.49 Å². The fourth-order valence-corrected chi connectivity index (χ4v) is 5.27.